The second kappa shape index (κ2) is 12.0. The second-order valence-electron chi connectivity index (χ2n) is 6.76. The summed E-state index contributed by atoms with van der Waals surface area (Å²) >= 11 is 3.40. The molecule has 0 bridgehead atoms. The largest absolute Gasteiger partial charge is 0.326 e. The van der Waals surface area contributed by atoms with Crippen LogP contribution in [0, 0.1) is 0 Å². The van der Waals surface area contributed by atoms with Crippen molar-refractivity contribution in [1.82, 2.24) is 9.80 Å². The fourth-order valence-corrected chi connectivity index (χ4v) is 3.38. The molecule has 0 aliphatic carbocycles. The number of carbonyl (C=O) groups excluding carboxylic acids is 1. The summed E-state index contributed by atoms with van der Waals surface area (Å²) in [5, 5.41) is 2.95. The first-order chi connectivity index (χ1) is 13.2. The summed E-state index contributed by atoms with van der Waals surface area (Å²) in [6, 6.07) is 18.1. The van der Waals surface area contributed by atoms with Crippen LogP contribution in [-0.2, 0) is 4.79 Å². The molecule has 1 N–H and O–H groups in total. The minimum absolute atomic E-state index is 0. The summed E-state index contributed by atoms with van der Waals surface area (Å²) in [6.45, 7) is 5.93. The zero-order valence-electron chi connectivity index (χ0n) is 15.9. The summed E-state index contributed by atoms with van der Waals surface area (Å²) in [6.07, 6.45) is 4.94. The Hall–Kier alpha value is -1.66. The average molecular weight is 465 g/mol. The van der Waals surface area contributed by atoms with Crippen LogP contribution in [0.3, 0.4) is 0 Å². The number of nitrogens with zero attached hydrogens (tertiary/aromatic N) is 2. The van der Waals surface area contributed by atoms with Crippen molar-refractivity contribution in [2.45, 2.75) is 6.42 Å². The smallest absolute Gasteiger partial charge is 0.225 e. The zero-order chi connectivity index (χ0) is 18.9. The third-order valence-corrected chi connectivity index (χ3v) is 5.25. The molecule has 1 aliphatic rings. The molecule has 6 heteroatoms. The molecular formula is C22H27BrClN3O. The number of hydrogen-bond donors (Lipinski definition) is 1. The molecule has 0 saturated carbocycles. The van der Waals surface area contributed by atoms with E-state index in [0.717, 1.165) is 49.4 Å². The average Bonchev–Trinajstić information content (AvgIpc) is 2.70. The molecule has 1 amide bonds. The van der Waals surface area contributed by atoms with Gasteiger partial charge >= 0.3 is 0 Å². The van der Waals surface area contributed by atoms with Gasteiger partial charge in [0.05, 0.1) is 0 Å². The van der Waals surface area contributed by atoms with Gasteiger partial charge in [0.1, 0.15) is 0 Å². The van der Waals surface area contributed by atoms with E-state index in [1.165, 1.54) is 5.56 Å². The number of amides is 1. The monoisotopic (exact) mass is 463 g/mol. The summed E-state index contributed by atoms with van der Waals surface area (Å²) < 4.78 is 1.01. The molecule has 2 aromatic carbocycles. The Morgan fingerprint density at radius 3 is 2.29 bits per heavy atom. The maximum absolute atomic E-state index is 12.1. The molecular weight excluding hydrogens is 438 g/mol. The Balaban J connectivity index is 0.00000280. The van der Waals surface area contributed by atoms with Gasteiger partial charge in [-0.15, -0.1) is 12.4 Å². The molecule has 3 rings (SSSR count). The number of nitrogens with one attached hydrogen (secondary N) is 1. The Morgan fingerprint density at radius 2 is 1.61 bits per heavy atom. The topological polar surface area (TPSA) is 35.6 Å². The van der Waals surface area contributed by atoms with Crippen LogP contribution in [0.4, 0.5) is 5.69 Å². The van der Waals surface area contributed by atoms with Crippen LogP contribution in [-0.4, -0.2) is 55.0 Å². The van der Waals surface area contributed by atoms with Gasteiger partial charge in [-0.25, -0.2) is 0 Å². The van der Waals surface area contributed by atoms with Gasteiger partial charge in [0.25, 0.3) is 0 Å². The van der Waals surface area contributed by atoms with Crippen LogP contribution < -0.4 is 5.32 Å². The van der Waals surface area contributed by atoms with Crippen LogP contribution in [0.15, 0.2) is 65.1 Å². The van der Waals surface area contributed by atoms with Gasteiger partial charge in [0, 0.05) is 55.8 Å². The molecule has 1 aliphatic heterocycles. The molecule has 0 spiro atoms. The first kappa shape index (κ1) is 22.6. The van der Waals surface area contributed by atoms with Gasteiger partial charge in [-0.3, -0.25) is 9.69 Å². The summed E-state index contributed by atoms with van der Waals surface area (Å²) in [5.41, 5.74) is 2.09. The Morgan fingerprint density at radius 1 is 0.964 bits per heavy atom. The maximum atomic E-state index is 12.1. The summed E-state index contributed by atoms with van der Waals surface area (Å²) in [7, 11) is 0. The summed E-state index contributed by atoms with van der Waals surface area (Å²) in [5.74, 6) is 0.0746. The molecule has 1 saturated heterocycles. The Bertz CT molecular complexity index is 744. The van der Waals surface area contributed by atoms with E-state index in [0.29, 0.717) is 6.42 Å². The number of hydrogen-bond acceptors (Lipinski definition) is 3. The van der Waals surface area contributed by atoms with Crippen molar-refractivity contribution in [3.8, 4) is 0 Å². The third-order valence-electron chi connectivity index (χ3n) is 4.72. The van der Waals surface area contributed by atoms with Crippen LogP contribution in [0.25, 0.3) is 6.08 Å². The van der Waals surface area contributed by atoms with E-state index >= 15 is 0 Å². The lowest BCUT2D eigenvalue weighted by Gasteiger charge is -2.34. The first-order valence-corrected chi connectivity index (χ1v) is 10.2. The van der Waals surface area contributed by atoms with Crippen LogP contribution in [0.2, 0.25) is 0 Å². The predicted octanol–water partition coefficient (Wildman–Crippen LogP) is 4.53. The summed E-state index contributed by atoms with van der Waals surface area (Å²) in [4.78, 5) is 16.9. The lowest BCUT2D eigenvalue weighted by molar-refractivity contribution is -0.116. The minimum Gasteiger partial charge on any atom is -0.326 e. The van der Waals surface area contributed by atoms with Gasteiger partial charge in [-0.05, 0) is 29.8 Å². The molecule has 0 radical (unpaired) electrons. The highest BCUT2D eigenvalue weighted by atomic mass is 79.9. The van der Waals surface area contributed by atoms with E-state index in [1.807, 2.05) is 30.3 Å². The van der Waals surface area contributed by atoms with Gasteiger partial charge in [0.2, 0.25) is 5.91 Å². The fourth-order valence-electron chi connectivity index (χ4n) is 3.11. The molecule has 0 unspecified atom stereocenters. The van der Waals surface area contributed by atoms with Crippen LogP contribution >= 0.6 is 28.3 Å². The van der Waals surface area contributed by atoms with E-state index in [1.54, 1.807) is 0 Å². The van der Waals surface area contributed by atoms with Gasteiger partial charge in [-0.2, -0.15) is 0 Å². The van der Waals surface area contributed by atoms with E-state index in [9.17, 15) is 4.79 Å². The number of anilines is 1. The molecule has 4 nitrogen and oxygen atoms in total. The Kier molecular flexibility index (Phi) is 9.71. The number of piperazine rings is 1. The van der Waals surface area contributed by atoms with Crippen molar-refractivity contribution in [2.24, 2.45) is 0 Å². The van der Waals surface area contributed by atoms with E-state index < -0.39 is 0 Å². The van der Waals surface area contributed by atoms with Gasteiger partial charge in [-0.1, -0.05) is 58.4 Å². The molecule has 150 valence electrons. The van der Waals surface area contributed by atoms with Crippen LogP contribution in [0.5, 0.6) is 0 Å². The SMILES string of the molecule is Cl.O=C(CCN1CCN(CC=Cc2ccccc2)CC1)Nc1ccc(Br)cc1. The van der Waals surface area contributed by atoms with Gasteiger partial charge in [0.15, 0.2) is 0 Å². The minimum atomic E-state index is 0. The Labute approximate surface area is 182 Å². The molecule has 0 aromatic heterocycles. The van der Waals surface area contributed by atoms with E-state index in [-0.39, 0.29) is 18.3 Å². The van der Waals surface area contributed by atoms with E-state index in [2.05, 4.69) is 67.5 Å². The fraction of sp³-hybridized carbons (Fsp3) is 0.318. The van der Waals surface area contributed by atoms with Crippen molar-refractivity contribution in [3.63, 3.8) is 0 Å². The zero-order valence-corrected chi connectivity index (χ0v) is 18.3. The van der Waals surface area contributed by atoms with Crippen molar-refractivity contribution in [1.29, 1.82) is 0 Å². The number of benzene rings is 2. The highest BCUT2D eigenvalue weighted by Gasteiger charge is 2.16. The molecule has 28 heavy (non-hydrogen) atoms. The maximum Gasteiger partial charge on any atom is 0.225 e. The molecule has 0 atom stereocenters. The molecule has 2 aromatic rings. The number of rotatable bonds is 7. The highest BCUT2D eigenvalue weighted by molar-refractivity contribution is 9.10. The van der Waals surface area contributed by atoms with Gasteiger partial charge < -0.3 is 10.2 Å². The predicted molar refractivity (Wildman–Crippen MR) is 123 cm³/mol. The lowest BCUT2D eigenvalue weighted by Crippen LogP contribution is -2.46. The number of halogens is 2. The van der Waals surface area contributed by atoms with Crippen molar-refractivity contribution >= 4 is 46.0 Å². The second-order valence-corrected chi connectivity index (χ2v) is 7.68. The van der Waals surface area contributed by atoms with Crippen molar-refractivity contribution < 1.29 is 4.79 Å². The van der Waals surface area contributed by atoms with Crippen molar-refractivity contribution in [3.05, 3.63) is 70.7 Å². The quantitative estimate of drug-likeness (QED) is 0.654. The lowest BCUT2D eigenvalue weighted by atomic mass is 10.2. The normalized spacial score (nSPS) is 15.3. The number of carbonyl (C=O) groups is 1. The standard InChI is InChI=1S/C22H26BrN3O.ClH/c23-20-8-10-21(11-9-20)24-22(27)12-14-26-17-15-25(16-18-26)13-4-7-19-5-2-1-3-6-19;/h1-11H,12-18H2,(H,24,27);1H. The van der Waals surface area contributed by atoms with Crippen molar-refractivity contribution in [2.75, 3.05) is 44.6 Å². The first-order valence-electron chi connectivity index (χ1n) is 9.41. The molecule has 1 fully saturated rings. The highest BCUT2D eigenvalue weighted by Crippen LogP contribution is 2.14. The van der Waals surface area contributed by atoms with Crippen LogP contribution in [0.1, 0.15) is 12.0 Å². The third kappa shape index (κ3) is 7.76. The van der Waals surface area contributed by atoms with E-state index in [4.69, 9.17) is 0 Å². The molecule has 1 heterocycles.